The molecule has 0 bridgehead atoms. The second-order valence-electron chi connectivity index (χ2n) is 7.64. The van der Waals surface area contributed by atoms with Crippen molar-refractivity contribution in [3.05, 3.63) is 87.5 Å². The lowest BCUT2D eigenvalue weighted by molar-refractivity contribution is 0.0762. The molecule has 0 atom stereocenters. The fourth-order valence-electron chi connectivity index (χ4n) is 3.80. The summed E-state index contributed by atoms with van der Waals surface area (Å²) in [5.41, 5.74) is 1.83. The highest BCUT2D eigenvalue weighted by atomic mass is 35.5. The SMILES string of the molecule is N#Cc1cccnc1N1CCCN(C(=O)c2ccccc2OCc2ccc(Cl)cc2Cl)CC1. The smallest absolute Gasteiger partial charge is 0.257 e. The summed E-state index contributed by atoms with van der Waals surface area (Å²) in [5.74, 6) is 1.08. The van der Waals surface area contributed by atoms with E-state index in [2.05, 4.69) is 16.0 Å². The third-order valence-corrected chi connectivity index (χ3v) is 6.09. The van der Waals surface area contributed by atoms with E-state index < -0.39 is 0 Å². The van der Waals surface area contributed by atoms with Crippen LogP contribution in [0.25, 0.3) is 0 Å². The van der Waals surface area contributed by atoms with Crippen LogP contribution in [0.5, 0.6) is 5.75 Å². The van der Waals surface area contributed by atoms with Crippen LogP contribution in [-0.2, 0) is 6.61 Å². The van der Waals surface area contributed by atoms with E-state index >= 15 is 0 Å². The number of carbonyl (C=O) groups is 1. The Balaban J connectivity index is 1.46. The van der Waals surface area contributed by atoms with Gasteiger partial charge in [-0.1, -0.05) is 41.4 Å². The number of nitrogens with zero attached hydrogens (tertiary/aromatic N) is 4. The van der Waals surface area contributed by atoms with E-state index in [1.54, 1.807) is 42.6 Å². The summed E-state index contributed by atoms with van der Waals surface area (Å²) in [5, 5.41) is 10.5. The maximum absolute atomic E-state index is 13.4. The van der Waals surface area contributed by atoms with Gasteiger partial charge in [-0.25, -0.2) is 4.98 Å². The number of halogens is 2. The lowest BCUT2D eigenvalue weighted by Crippen LogP contribution is -2.35. The maximum atomic E-state index is 13.4. The number of nitriles is 1. The number of rotatable bonds is 5. The minimum atomic E-state index is -0.0869. The fraction of sp³-hybridized carbons (Fsp3) is 0.240. The van der Waals surface area contributed by atoms with Gasteiger partial charge in [0.1, 0.15) is 24.2 Å². The zero-order valence-corrected chi connectivity index (χ0v) is 19.4. The van der Waals surface area contributed by atoms with E-state index in [1.165, 1.54) is 0 Å². The number of anilines is 1. The van der Waals surface area contributed by atoms with Gasteiger partial charge in [-0.15, -0.1) is 0 Å². The number of hydrogen-bond donors (Lipinski definition) is 0. The Kier molecular flexibility index (Phi) is 7.33. The molecule has 0 radical (unpaired) electrons. The number of hydrogen-bond acceptors (Lipinski definition) is 5. The van der Waals surface area contributed by atoms with Crippen molar-refractivity contribution in [2.45, 2.75) is 13.0 Å². The Hall–Kier alpha value is -3.27. The van der Waals surface area contributed by atoms with Crippen LogP contribution in [0.1, 0.15) is 27.9 Å². The van der Waals surface area contributed by atoms with Crippen LogP contribution >= 0.6 is 23.2 Å². The van der Waals surface area contributed by atoms with Crippen LogP contribution in [0.15, 0.2) is 60.8 Å². The van der Waals surface area contributed by atoms with Gasteiger partial charge in [-0.2, -0.15) is 5.26 Å². The van der Waals surface area contributed by atoms with Gasteiger partial charge in [0.25, 0.3) is 5.91 Å². The van der Waals surface area contributed by atoms with Gasteiger partial charge in [0.05, 0.1) is 11.1 Å². The second-order valence-corrected chi connectivity index (χ2v) is 8.48. The molecule has 0 N–H and O–H groups in total. The topological polar surface area (TPSA) is 69.5 Å². The van der Waals surface area contributed by atoms with Crippen molar-refractivity contribution in [2.75, 3.05) is 31.1 Å². The third-order valence-electron chi connectivity index (χ3n) is 5.51. The molecule has 3 aromatic rings. The Morgan fingerprint density at radius 3 is 2.73 bits per heavy atom. The molecule has 0 spiro atoms. The molecule has 2 aromatic carbocycles. The first-order chi connectivity index (χ1) is 16.1. The zero-order chi connectivity index (χ0) is 23.2. The van der Waals surface area contributed by atoms with Crippen LogP contribution in [0.4, 0.5) is 5.82 Å². The molecule has 0 saturated carbocycles. The predicted octanol–water partition coefficient (Wildman–Crippen LogP) is 5.19. The van der Waals surface area contributed by atoms with Gasteiger partial charge >= 0.3 is 0 Å². The van der Waals surface area contributed by atoms with Gasteiger partial charge in [0, 0.05) is 48.0 Å². The van der Waals surface area contributed by atoms with Crippen molar-refractivity contribution in [1.82, 2.24) is 9.88 Å². The summed E-state index contributed by atoms with van der Waals surface area (Å²) in [6.45, 7) is 2.69. The summed E-state index contributed by atoms with van der Waals surface area (Å²) in [7, 11) is 0. The van der Waals surface area contributed by atoms with Crippen LogP contribution in [0.3, 0.4) is 0 Å². The molecular formula is C25H22Cl2N4O2. The van der Waals surface area contributed by atoms with E-state index in [1.807, 2.05) is 23.1 Å². The van der Waals surface area contributed by atoms with E-state index in [-0.39, 0.29) is 12.5 Å². The minimum Gasteiger partial charge on any atom is -0.488 e. The number of para-hydroxylation sites is 1. The molecule has 8 heteroatoms. The first-order valence-electron chi connectivity index (χ1n) is 10.6. The number of ether oxygens (including phenoxy) is 1. The fourth-order valence-corrected chi connectivity index (χ4v) is 4.27. The second kappa shape index (κ2) is 10.6. The van der Waals surface area contributed by atoms with Crippen LogP contribution in [0, 0.1) is 11.3 Å². The lowest BCUT2D eigenvalue weighted by atomic mass is 10.1. The van der Waals surface area contributed by atoms with Crippen molar-refractivity contribution in [3.8, 4) is 11.8 Å². The van der Waals surface area contributed by atoms with Crippen molar-refractivity contribution in [3.63, 3.8) is 0 Å². The molecule has 1 aliphatic rings. The van der Waals surface area contributed by atoms with E-state index in [9.17, 15) is 10.1 Å². The molecule has 33 heavy (non-hydrogen) atoms. The molecule has 0 aliphatic carbocycles. The van der Waals surface area contributed by atoms with Gasteiger partial charge in [-0.3, -0.25) is 4.79 Å². The molecule has 1 fully saturated rings. The first kappa shape index (κ1) is 22.9. The van der Waals surface area contributed by atoms with Crippen molar-refractivity contribution in [1.29, 1.82) is 5.26 Å². The van der Waals surface area contributed by atoms with Gasteiger partial charge in [0.15, 0.2) is 0 Å². The maximum Gasteiger partial charge on any atom is 0.257 e. The average Bonchev–Trinajstić information content (AvgIpc) is 3.09. The molecule has 1 aromatic heterocycles. The molecule has 6 nitrogen and oxygen atoms in total. The quantitative estimate of drug-likeness (QED) is 0.502. The highest BCUT2D eigenvalue weighted by molar-refractivity contribution is 6.35. The monoisotopic (exact) mass is 480 g/mol. The van der Waals surface area contributed by atoms with E-state index in [0.29, 0.717) is 52.4 Å². The van der Waals surface area contributed by atoms with E-state index in [4.69, 9.17) is 27.9 Å². The molecule has 0 unspecified atom stereocenters. The van der Waals surface area contributed by atoms with Gasteiger partial charge < -0.3 is 14.5 Å². The average molecular weight is 481 g/mol. The Bertz CT molecular complexity index is 1200. The molecular weight excluding hydrogens is 459 g/mol. The van der Waals surface area contributed by atoms with Crippen LogP contribution < -0.4 is 9.64 Å². The molecule has 1 amide bonds. The van der Waals surface area contributed by atoms with Crippen molar-refractivity contribution < 1.29 is 9.53 Å². The number of aromatic nitrogens is 1. The minimum absolute atomic E-state index is 0.0869. The molecule has 1 saturated heterocycles. The summed E-state index contributed by atoms with van der Waals surface area (Å²) < 4.78 is 5.98. The number of benzene rings is 2. The van der Waals surface area contributed by atoms with Gasteiger partial charge in [-0.05, 0) is 42.8 Å². The number of pyridine rings is 1. The Morgan fingerprint density at radius 2 is 1.91 bits per heavy atom. The standard InChI is InChI=1S/C25H22Cl2N4O2/c26-20-9-8-19(22(27)15-20)17-33-23-7-2-1-6-21(23)25(32)31-12-4-11-30(13-14-31)24-18(16-28)5-3-10-29-24/h1-3,5-10,15H,4,11-14,17H2. The normalized spacial score (nSPS) is 13.8. The third kappa shape index (κ3) is 5.39. The highest BCUT2D eigenvalue weighted by Crippen LogP contribution is 2.26. The lowest BCUT2D eigenvalue weighted by Gasteiger charge is -2.24. The van der Waals surface area contributed by atoms with Crippen molar-refractivity contribution in [2.24, 2.45) is 0 Å². The highest BCUT2D eigenvalue weighted by Gasteiger charge is 2.24. The molecule has 4 rings (SSSR count). The largest absolute Gasteiger partial charge is 0.488 e. The molecule has 168 valence electrons. The van der Waals surface area contributed by atoms with Crippen LogP contribution in [-0.4, -0.2) is 42.0 Å². The molecule has 1 aliphatic heterocycles. The number of carbonyl (C=O) groups excluding carboxylic acids is 1. The Morgan fingerprint density at radius 1 is 1.06 bits per heavy atom. The number of amides is 1. The summed E-state index contributed by atoms with van der Waals surface area (Å²) in [4.78, 5) is 21.7. The zero-order valence-electron chi connectivity index (χ0n) is 17.9. The molecule has 2 heterocycles. The predicted molar refractivity (Wildman–Crippen MR) is 129 cm³/mol. The summed E-state index contributed by atoms with van der Waals surface area (Å²) in [6.07, 6.45) is 2.46. The van der Waals surface area contributed by atoms with E-state index in [0.717, 1.165) is 18.5 Å². The first-order valence-corrected chi connectivity index (χ1v) is 11.4. The summed E-state index contributed by atoms with van der Waals surface area (Å²) in [6, 6.07) is 18.2. The van der Waals surface area contributed by atoms with Gasteiger partial charge in [0.2, 0.25) is 0 Å². The Labute approximate surface area is 202 Å². The van der Waals surface area contributed by atoms with Crippen molar-refractivity contribution >= 4 is 34.9 Å². The summed E-state index contributed by atoms with van der Waals surface area (Å²) >= 11 is 12.2. The van der Waals surface area contributed by atoms with Crippen LogP contribution in [0.2, 0.25) is 10.0 Å².